The van der Waals surface area contributed by atoms with E-state index in [0.29, 0.717) is 23.5 Å². The van der Waals surface area contributed by atoms with Gasteiger partial charge in [-0.25, -0.2) is 4.79 Å². The van der Waals surface area contributed by atoms with Gasteiger partial charge in [-0.1, -0.05) is 13.8 Å². The van der Waals surface area contributed by atoms with Crippen LogP contribution in [0.15, 0.2) is 23.0 Å². The zero-order chi connectivity index (χ0) is 12.6. The molecule has 90 valence electrons. The Morgan fingerprint density at radius 2 is 2.18 bits per heavy atom. The summed E-state index contributed by atoms with van der Waals surface area (Å²) in [6, 6.07) is 4.37. The number of non-ortho nitro benzene ring substituents is 1. The SMILES string of the molecule is CC(C)Cn1c(=O)[nH]c2ccc([N+](=O)[O-])cc21. The number of nitrogens with one attached hydrogen (secondary N) is 1. The second-order valence-corrected chi connectivity index (χ2v) is 4.39. The second-order valence-electron chi connectivity index (χ2n) is 4.39. The first kappa shape index (κ1) is 11.4. The van der Waals surface area contributed by atoms with Crippen molar-refractivity contribution in [2.24, 2.45) is 5.92 Å². The molecule has 0 amide bonds. The van der Waals surface area contributed by atoms with E-state index in [9.17, 15) is 14.9 Å². The normalized spacial score (nSPS) is 11.2. The van der Waals surface area contributed by atoms with Crippen molar-refractivity contribution >= 4 is 16.7 Å². The van der Waals surface area contributed by atoms with Crippen LogP contribution in [0.4, 0.5) is 5.69 Å². The Bertz CT molecular complexity index is 624. The minimum atomic E-state index is -0.462. The van der Waals surface area contributed by atoms with E-state index in [2.05, 4.69) is 4.98 Å². The molecule has 0 atom stereocenters. The molecule has 2 rings (SSSR count). The number of imidazole rings is 1. The molecule has 6 heteroatoms. The number of hydrogen-bond donors (Lipinski definition) is 1. The number of benzene rings is 1. The Balaban J connectivity index is 2.65. The highest BCUT2D eigenvalue weighted by atomic mass is 16.6. The molecule has 1 aromatic heterocycles. The van der Waals surface area contributed by atoms with Gasteiger partial charge in [-0.2, -0.15) is 0 Å². The van der Waals surface area contributed by atoms with Crippen LogP contribution < -0.4 is 5.69 Å². The lowest BCUT2D eigenvalue weighted by atomic mass is 10.2. The number of nitrogens with zero attached hydrogens (tertiary/aromatic N) is 2. The maximum atomic E-state index is 11.7. The van der Waals surface area contributed by atoms with Crippen LogP contribution in [0.5, 0.6) is 0 Å². The van der Waals surface area contributed by atoms with Gasteiger partial charge in [0.25, 0.3) is 5.69 Å². The first-order valence-electron chi connectivity index (χ1n) is 5.36. The minimum absolute atomic E-state index is 0.00555. The number of nitro benzene ring substituents is 1. The van der Waals surface area contributed by atoms with Crippen LogP contribution in [-0.4, -0.2) is 14.5 Å². The van der Waals surface area contributed by atoms with Crippen molar-refractivity contribution in [2.45, 2.75) is 20.4 Å². The van der Waals surface area contributed by atoms with E-state index >= 15 is 0 Å². The van der Waals surface area contributed by atoms with E-state index in [1.165, 1.54) is 16.7 Å². The molecule has 1 N–H and O–H groups in total. The molecule has 0 aliphatic heterocycles. The van der Waals surface area contributed by atoms with E-state index in [1.54, 1.807) is 6.07 Å². The summed E-state index contributed by atoms with van der Waals surface area (Å²) in [7, 11) is 0. The van der Waals surface area contributed by atoms with E-state index < -0.39 is 4.92 Å². The van der Waals surface area contributed by atoms with Crippen LogP contribution in [0.25, 0.3) is 11.0 Å². The number of hydrogen-bond acceptors (Lipinski definition) is 3. The highest BCUT2D eigenvalue weighted by Gasteiger charge is 2.12. The van der Waals surface area contributed by atoms with Gasteiger partial charge in [0.15, 0.2) is 0 Å². The standard InChI is InChI=1S/C11H13N3O3/c1-7(2)6-13-10-5-8(14(16)17)3-4-9(10)12-11(13)15/h3-5,7H,6H2,1-2H3,(H,12,15). The molecule has 0 saturated heterocycles. The number of nitro groups is 1. The molecule has 17 heavy (non-hydrogen) atoms. The van der Waals surface area contributed by atoms with Crippen LogP contribution in [-0.2, 0) is 6.54 Å². The summed E-state index contributed by atoms with van der Waals surface area (Å²) >= 11 is 0. The van der Waals surface area contributed by atoms with Crippen molar-refractivity contribution in [3.63, 3.8) is 0 Å². The van der Waals surface area contributed by atoms with Gasteiger partial charge in [-0.3, -0.25) is 14.7 Å². The third kappa shape index (κ3) is 2.06. The average Bonchev–Trinajstić information content (AvgIpc) is 2.54. The number of H-pyrrole nitrogens is 1. The summed E-state index contributed by atoms with van der Waals surface area (Å²) in [6.45, 7) is 4.52. The van der Waals surface area contributed by atoms with Crippen molar-refractivity contribution in [1.82, 2.24) is 9.55 Å². The molecular formula is C11H13N3O3. The summed E-state index contributed by atoms with van der Waals surface area (Å²) in [5, 5.41) is 10.7. The molecule has 1 heterocycles. The Hall–Kier alpha value is -2.11. The molecule has 0 bridgehead atoms. The van der Waals surface area contributed by atoms with Gasteiger partial charge in [-0.15, -0.1) is 0 Å². The average molecular weight is 235 g/mol. The largest absolute Gasteiger partial charge is 0.326 e. The second kappa shape index (κ2) is 4.04. The van der Waals surface area contributed by atoms with Crippen molar-refractivity contribution in [3.05, 3.63) is 38.8 Å². The zero-order valence-electron chi connectivity index (χ0n) is 9.64. The van der Waals surface area contributed by atoms with E-state index in [0.717, 1.165) is 0 Å². The van der Waals surface area contributed by atoms with E-state index in [4.69, 9.17) is 0 Å². The Morgan fingerprint density at radius 3 is 2.76 bits per heavy atom. The van der Waals surface area contributed by atoms with E-state index in [1.807, 2.05) is 13.8 Å². The van der Waals surface area contributed by atoms with E-state index in [-0.39, 0.29) is 11.4 Å². The fourth-order valence-corrected chi connectivity index (χ4v) is 1.80. The fourth-order valence-electron chi connectivity index (χ4n) is 1.80. The summed E-state index contributed by atoms with van der Waals surface area (Å²) in [4.78, 5) is 24.6. The maximum absolute atomic E-state index is 11.7. The summed E-state index contributed by atoms with van der Waals surface area (Å²) in [5.41, 5.74) is 0.974. The van der Waals surface area contributed by atoms with Crippen LogP contribution in [0.1, 0.15) is 13.8 Å². The first-order valence-corrected chi connectivity index (χ1v) is 5.36. The maximum Gasteiger partial charge on any atom is 0.326 e. The molecule has 1 aromatic carbocycles. The third-order valence-corrected chi connectivity index (χ3v) is 2.52. The number of rotatable bonds is 3. The lowest BCUT2D eigenvalue weighted by Crippen LogP contribution is -2.19. The smallest absolute Gasteiger partial charge is 0.306 e. The Morgan fingerprint density at radius 1 is 1.47 bits per heavy atom. The molecule has 0 aliphatic carbocycles. The fraction of sp³-hybridized carbons (Fsp3) is 0.364. The summed E-state index contributed by atoms with van der Waals surface area (Å²) in [5.74, 6) is 0.297. The number of fused-ring (bicyclic) bond motifs is 1. The van der Waals surface area contributed by atoms with Crippen molar-refractivity contribution < 1.29 is 4.92 Å². The highest BCUT2D eigenvalue weighted by Crippen LogP contribution is 2.19. The zero-order valence-corrected chi connectivity index (χ0v) is 9.64. The van der Waals surface area contributed by atoms with Gasteiger partial charge in [0.2, 0.25) is 0 Å². The molecule has 0 spiro atoms. The van der Waals surface area contributed by atoms with Gasteiger partial charge in [-0.05, 0) is 12.0 Å². The predicted octanol–water partition coefficient (Wildman–Crippen LogP) is 1.89. The first-order chi connectivity index (χ1) is 7.99. The Labute approximate surface area is 97.0 Å². The highest BCUT2D eigenvalue weighted by molar-refractivity contribution is 5.77. The molecule has 0 saturated carbocycles. The quantitative estimate of drug-likeness (QED) is 0.651. The van der Waals surface area contributed by atoms with Gasteiger partial charge in [0.05, 0.1) is 16.0 Å². The molecule has 0 fully saturated rings. The number of aromatic amines is 1. The topological polar surface area (TPSA) is 80.9 Å². The predicted molar refractivity (Wildman–Crippen MR) is 64.1 cm³/mol. The van der Waals surface area contributed by atoms with Gasteiger partial charge < -0.3 is 4.98 Å². The molecule has 0 radical (unpaired) electrons. The number of aromatic nitrogens is 2. The van der Waals surface area contributed by atoms with Crippen LogP contribution in [0.2, 0.25) is 0 Å². The van der Waals surface area contributed by atoms with Crippen LogP contribution >= 0.6 is 0 Å². The lowest BCUT2D eigenvalue weighted by molar-refractivity contribution is -0.384. The lowest BCUT2D eigenvalue weighted by Gasteiger charge is -2.05. The molecular weight excluding hydrogens is 222 g/mol. The monoisotopic (exact) mass is 235 g/mol. The minimum Gasteiger partial charge on any atom is -0.306 e. The molecule has 6 nitrogen and oxygen atoms in total. The van der Waals surface area contributed by atoms with Gasteiger partial charge in [0.1, 0.15) is 0 Å². The van der Waals surface area contributed by atoms with Crippen molar-refractivity contribution in [1.29, 1.82) is 0 Å². The van der Waals surface area contributed by atoms with Gasteiger partial charge in [0, 0.05) is 18.7 Å². The molecule has 0 unspecified atom stereocenters. The molecule has 0 aliphatic rings. The Kier molecular flexibility index (Phi) is 2.71. The summed E-state index contributed by atoms with van der Waals surface area (Å²) < 4.78 is 1.53. The van der Waals surface area contributed by atoms with Crippen LogP contribution in [0, 0.1) is 16.0 Å². The van der Waals surface area contributed by atoms with Crippen molar-refractivity contribution in [3.8, 4) is 0 Å². The van der Waals surface area contributed by atoms with Gasteiger partial charge >= 0.3 is 5.69 Å². The van der Waals surface area contributed by atoms with Crippen molar-refractivity contribution in [2.75, 3.05) is 0 Å². The third-order valence-electron chi connectivity index (χ3n) is 2.52. The van der Waals surface area contributed by atoms with Crippen LogP contribution in [0.3, 0.4) is 0 Å². The summed E-state index contributed by atoms with van der Waals surface area (Å²) in [6.07, 6.45) is 0. The molecule has 2 aromatic rings.